The van der Waals surface area contributed by atoms with Crippen molar-refractivity contribution in [3.8, 4) is 0 Å². The van der Waals surface area contributed by atoms with Gasteiger partial charge in [-0.15, -0.1) is 0 Å². The van der Waals surface area contributed by atoms with Gasteiger partial charge in [-0.2, -0.15) is 5.10 Å². The molecule has 1 amide bonds. The molecule has 1 N–H and O–H groups in total. The van der Waals surface area contributed by atoms with E-state index in [9.17, 15) is 19.5 Å². The number of morpholine rings is 1. The molecule has 1 aliphatic rings. The Morgan fingerprint density at radius 1 is 1.33 bits per heavy atom. The molecule has 1 atom stereocenters. The third kappa shape index (κ3) is 2.88. The van der Waals surface area contributed by atoms with Gasteiger partial charge in [0, 0.05) is 19.0 Å². The average molecular weight is 331 g/mol. The standard InChI is InChI=1S/C16H17N3O5/c1-18-15(21)11-5-3-2-4-10(11)12(17-18)8-14(20)19-6-7-24-9-13(19)16(22)23/h2-5,13H,6-9H2,1H3,(H,22,23). The molecule has 1 unspecified atom stereocenters. The molecule has 24 heavy (non-hydrogen) atoms. The average Bonchev–Trinajstić information content (AvgIpc) is 2.59. The number of carboxylic acids is 1. The van der Waals surface area contributed by atoms with Crippen LogP contribution < -0.4 is 5.56 Å². The summed E-state index contributed by atoms with van der Waals surface area (Å²) in [5, 5.41) is 14.5. The Labute approximate surface area is 137 Å². The van der Waals surface area contributed by atoms with E-state index in [1.165, 1.54) is 16.6 Å². The summed E-state index contributed by atoms with van der Waals surface area (Å²) in [5.41, 5.74) is 0.213. The molecule has 1 aromatic carbocycles. The summed E-state index contributed by atoms with van der Waals surface area (Å²) in [6.07, 6.45) is -0.0710. The first kappa shape index (κ1) is 16.1. The fourth-order valence-electron chi connectivity index (χ4n) is 2.86. The van der Waals surface area contributed by atoms with Crippen molar-refractivity contribution in [1.29, 1.82) is 0 Å². The molecule has 0 saturated carbocycles. The lowest BCUT2D eigenvalue weighted by atomic mass is 10.1. The number of ether oxygens (including phenoxy) is 1. The van der Waals surface area contributed by atoms with Crippen molar-refractivity contribution in [1.82, 2.24) is 14.7 Å². The molecule has 0 bridgehead atoms. The van der Waals surface area contributed by atoms with Gasteiger partial charge in [-0.3, -0.25) is 9.59 Å². The number of carbonyl (C=O) groups excluding carboxylic acids is 1. The Morgan fingerprint density at radius 3 is 2.75 bits per heavy atom. The Balaban J connectivity index is 1.95. The van der Waals surface area contributed by atoms with Crippen molar-refractivity contribution in [2.75, 3.05) is 19.8 Å². The predicted molar refractivity (Wildman–Crippen MR) is 84.6 cm³/mol. The Morgan fingerprint density at radius 2 is 2.04 bits per heavy atom. The van der Waals surface area contributed by atoms with Crippen LogP contribution in [0.3, 0.4) is 0 Å². The Hall–Kier alpha value is -2.74. The highest BCUT2D eigenvalue weighted by atomic mass is 16.5. The monoisotopic (exact) mass is 331 g/mol. The van der Waals surface area contributed by atoms with Gasteiger partial charge in [0.1, 0.15) is 0 Å². The van der Waals surface area contributed by atoms with Crippen LogP contribution in [0, 0.1) is 0 Å². The molecular weight excluding hydrogens is 314 g/mol. The van der Waals surface area contributed by atoms with Crippen LogP contribution in [-0.4, -0.2) is 57.5 Å². The number of aryl methyl sites for hydroxylation is 1. The third-order valence-corrected chi connectivity index (χ3v) is 4.09. The number of carbonyl (C=O) groups is 2. The zero-order valence-electron chi connectivity index (χ0n) is 13.1. The SMILES string of the molecule is Cn1nc(CC(=O)N2CCOCC2C(=O)O)c2ccccc2c1=O. The van der Waals surface area contributed by atoms with Crippen LogP contribution in [0.1, 0.15) is 5.69 Å². The number of carboxylic acid groups (broad SMARTS) is 1. The second-order valence-corrected chi connectivity index (χ2v) is 5.61. The van der Waals surface area contributed by atoms with E-state index < -0.39 is 12.0 Å². The minimum atomic E-state index is -1.10. The molecule has 0 aliphatic carbocycles. The lowest BCUT2D eigenvalue weighted by Gasteiger charge is -2.32. The highest BCUT2D eigenvalue weighted by Crippen LogP contribution is 2.16. The molecule has 1 fully saturated rings. The first-order chi connectivity index (χ1) is 11.5. The van der Waals surface area contributed by atoms with E-state index in [0.29, 0.717) is 23.1 Å². The Bertz CT molecular complexity index is 860. The van der Waals surface area contributed by atoms with Crippen LogP contribution in [0.25, 0.3) is 10.8 Å². The van der Waals surface area contributed by atoms with Crippen molar-refractivity contribution >= 4 is 22.6 Å². The minimum Gasteiger partial charge on any atom is -0.480 e. The molecule has 0 radical (unpaired) electrons. The van der Waals surface area contributed by atoms with E-state index in [-0.39, 0.29) is 31.0 Å². The molecule has 1 aromatic heterocycles. The number of benzene rings is 1. The van der Waals surface area contributed by atoms with Gasteiger partial charge in [0.25, 0.3) is 5.56 Å². The second kappa shape index (κ2) is 6.40. The van der Waals surface area contributed by atoms with Crippen LogP contribution in [-0.2, 0) is 27.8 Å². The van der Waals surface area contributed by atoms with Gasteiger partial charge in [-0.05, 0) is 6.07 Å². The maximum absolute atomic E-state index is 12.6. The van der Waals surface area contributed by atoms with Gasteiger partial charge in [0.05, 0.1) is 30.7 Å². The maximum Gasteiger partial charge on any atom is 0.328 e. The first-order valence-corrected chi connectivity index (χ1v) is 7.54. The van der Waals surface area contributed by atoms with Gasteiger partial charge < -0.3 is 14.7 Å². The van der Waals surface area contributed by atoms with E-state index in [4.69, 9.17) is 4.74 Å². The smallest absolute Gasteiger partial charge is 0.328 e. The fourth-order valence-corrected chi connectivity index (χ4v) is 2.86. The van der Waals surface area contributed by atoms with Crippen molar-refractivity contribution in [3.05, 3.63) is 40.3 Å². The van der Waals surface area contributed by atoms with Crippen molar-refractivity contribution in [2.24, 2.45) is 7.05 Å². The largest absolute Gasteiger partial charge is 0.480 e. The number of amides is 1. The minimum absolute atomic E-state index is 0.0253. The van der Waals surface area contributed by atoms with Crippen LogP contribution in [0.4, 0.5) is 0 Å². The molecule has 2 aromatic rings. The number of nitrogens with zero attached hydrogens (tertiary/aromatic N) is 3. The summed E-state index contributed by atoms with van der Waals surface area (Å²) in [6.45, 7) is 0.499. The molecule has 8 nitrogen and oxygen atoms in total. The summed E-state index contributed by atoms with van der Waals surface area (Å²) in [6, 6.07) is 5.94. The van der Waals surface area contributed by atoms with Gasteiger partial charge in [0.15, 0.2) is 6.04 Å². The first-order valence-electron chi connectivity index (χ1n) is 7.54. The number of aliphatic carboxylic acids is 1. The third-order valence-electron chi connectivity index (χ3n) is 4.09. The van der Waals surface area contributed by atoms with E-state index in [2.05, 4.69) is 5.10 Å². The van der Waals surface area contributed by atoms with Crippen LogP contribution in [0.5, 0.6) is 0 Å². The highest BCUT2D eigenvalue weighted by molar-refractivity contribution is 5.90. The van der Waals surface area contributed by atoms with E-state index in [1.807, 2.05) is 0 Å². The zero-order chi connectivity index (χ0) is 17.3. The summed E-state index contributed by atoms with van der Waals surface area (Å²) in [5.74, 6) is -1.44. The fraction of sp³-hybridized carbons (Fsp3) is 0.375. The summed E-state index contributed by atoms with van der Waals surface area (Å²) in [4.78, 5) is 37.3. The van der Waals surface area contributed by atoms with Gasteiger partial charge in [-0.25, -0.2) is 9.48 Å². The topological polar surface area (TPSA) is 102 Å². The predicted octanol–water partition coefficient (Wildman–Crippen LogP) is -0.212. The summed E-state index contributed by atoms with van der Waals surface area (Å²) >= 11 is 0. The van der Waals surface area contributed by atoms with E-state index >= 15 is 0 Å². The molecule has 8 heteroatoms. The van der Waals surface area contributed by atoms with Crippen molar-refractivity contribution in [2.45, 2.75) is 12.5 Å². The lowest BCUT2D eigenvalue weighted by Crippen LogP contribution is -2.53. The van der Waals surface area contributed by atoms with Crippen molar-refractivity contribution < 1.29 is 19.4 Å². The van der Waals surface area contributed by atoms with Crippen LogP contribution in [0.15, 0.2) is 29.1 Å². The number of hydrogen-bond donors (Lipinski definition) is 1. The molecule has 2 heterocycles. The molecule has 1 saturated heterocycles. The van der Waals surface area contributed by atoms with Crippen LogP contribution in [0.2, 0.25) is 0 Å². The van der Waals surface area contributed by atoms with E-state index in [0.717, 1.165) is 0 Å². The number of fused-ring (bicyclic) bond motifs is 1. The summed E-state index contributed by atoms with van der Waals surface area (Å²) in [7, 11) is 1.53. The lowest BCUT2D eigenvalue weighted by molar-refractivity contribution is -0.158. The second-order valence-electron chi connectivity index (χ2n) is 5.61. The number of aromatic nitrogens is 2. The van der Waals surface area contributed by atoms with Gasteiger partial charge in [-0.1, -0.05) is 18.2 Å². The number of rotatable bonds is 3. The molecule has 126 valence electrons. The van der Waals surface area contributed by atoms with Gasteiger partial charge >= 0.3 is 5.97 Å². The van der Waals surface area contributed by atoms with Gasteiger partial charge in [0.2, 0.25) is 5.91 Å². The molecule has 3 rings (SSSR count). The molecule has 1 aliphatic heterocycles. The van der Waals surface area contributed by atoms with E-state index in [1.54, 1.807) is 24.3 Å². The van der Waals surface area contributed by atoms with Crippen molar-refractivity contribution in [3.63, 3.8) is 0 Å². The Kier molecular flexibility index (Phi) is 4.30. The quantitative estimate of drug-likeness (QED) is 0.835. The summed E-state index contributed by atoms with van der Waals surface area (Å²) < 4.78 is 6.34. The molecule has 0 spiro atoms. The maximum atomic E-state index is 12.6. The van der Waals surface area contributed by atoms with Crippen LogP contribution >= 0.6 is 0 Å². The number of hydrogen-bond acceptors (Lipinski definition) is 5. The zero-order valence-corrected chi connectivity index (χ0v) is 13.1. The normalized spacial score (nSPS) is 17.9. The highest BCUT2D eigenvalue weighted by Gasteiger charge is 2.33. The molecular formula is C16H17N3O5.